The van der Waals surface area contributed by atoms with Crippen LogP contribution in [0.1, 0.15) is 18.6 Å². The van der Waals surface area contributed by atoms with Crippen LogP contribution < -0.4 is 0 Å². The Balaban J connectivity index is 2.30. The first kappa shape index (κ1) is 11.7. The van der Waals surface area contributed by atoms with Crippen molar-refractivity contribution < 1.29 is 4.74 Å². The van der Waals surface area contributed by atoms with Crippen LogP contribution in [0.5, 0.6) is 0 Å². The summed E-state index contributed by atoms with van der Waals surface area (Å²) in [7, 11) is 1.77. The lowest BCUT2D eigenvalue weighted by atomic mass is 9.90. The van der Waals surface area contributed by atoms with Crippen molar-refractivity contribution >= 4 is 32.3 Å². The lowest BCUT2D eigenvalue weighted by molar-refractivity contribution is 0.121. The van der Waals surface area contributed by atoms with Crippen molar-refractivity contribution in [3.8, 4) is 0 Å². The first-order valence-corrected chi connectivity index (χ1v) is 6.99. The molecule has 98 valence electrons. The Morgan fingerprint density at radius 2 is 1.45 bits per heavy atom. The zero-order valence-corrected chi connectivity index (χ0v) is 11.7. The maximum Gasteiger partial charge on any atom is 0.0799 e. The quantitative estimate of drug-likeness (QED) is 0.445. The lowest BCUT2D eigenvalue weighted by Crippen LogP contribution is -1.98. The second-order valence-electron chi connectivity index (χ2n) is 5.39. The third kappa shape index (κ3) is 1.47. The fraction of sp³-hybridized carbons (Fsp3) is 0.158. The molecule has 0 aliphatic rings. The highest BCUT2D eigenvalue weighted by Crippen LogP contribution is 2.38. The molecule has 20 heavy (non-hydrogen) atoms. The minimum Gasteiger partial charge on any atom is -0.377 e. The molecule has 1 unspecified atom stereocenters. The smallest absolute Gasteiger partial charge is 0.0799 e. The van der Waals surface area contributed by atoms with Gasteiger partial charge in [0.25, 0.3) is 0 Å². The summed E-state index contributed by atoms with van der Waals surface area (Å²) in [4.78, 5) is 0. The van der Waals surface area contributed by atoms with Gasteiger partial charge in [-0.1, -0.05) is 48.5 Å². The van der Waals surface area contributed by atoms with Crippen molar-refractivity contribution in [1.29, 1.82) is 0 Å². The van der Waals surface area contributed by atoms with E-state index in [9.17, 15) is 0 Å². The zero-order valence-electron chi connectivity index (χ0n) is 11.7. The first-order valence-electron chi connectivity index (χ1n) is 6.99. The Morgan fingerprint density at radius 1 is 0.800 bits per heavy atom. The minimum atomic E-state index is 0.101. The molecule has 0 bridgehead atoms. The van der Waals surface area contributed by atoms with Crippen LogP contribution in [0.25, 0.3) is 32.3 Å². The minimum absolute atomic E-state index is 0.101. The van der Waals surface area contributed by atoms with Crippen molar-refractivity contribution in [1.82, 2.24) is 0 Å². The van der Waals surface area contributed by atoms with Crippen LogP contribution in [0.3, 0.4) is 0 Å². The Bertz CT molecular complexity index is 907. The zero-order chi connectivity index (χ0) is 13.7. The normalized spacial score (nSPS) is 13.5. The van der Waals surface area contributed by atoms with Gasteiger partial charge in [0.05, 0.1) is 6.10 Å². The predicted octanol–water partition coefficient (Wildman–Crippen LogP) is 5.29. The number of benzene rings is 4. The molecule has 0 saturated heterocycles. The summed E-state index contributed by atoms with van der Waals surface area (Å²) in [5.41, 5.74) is 1.27. The molecule has 0 heterocycles. The topological polar surface area (TPSA) is 9.23 Å². The van der Waals surface area contributed by atoms with Crippen LogP contribution >= 0.6 is 0 Å². The van der Waals surface area contributed by atoms with E-state index in [2.05, 4.69) is 61.5 Å². The van der Waals surface area contributed by atoms with Crippen molar-refractivity contribution in [2.75, 3.05) is 7.11 Å². The highest BCUT2D eigenvalue weighted by molar-refractivity contribution is 6.23. The Hall–Kier alpha value is -2.12. The SMILES string of the molecule is COC(C)c1cc2cccc3ccc4cccc1c4c32. The molecule has 0 aliphatic heterocycles. The maximum atomic E-state index is 5.56. The highest BCUT2D eigenvalue weighted by Gasteiger charge is 2.14. The fourth-order valence-corrected chi connectivity index (χ4v) is 3.25. The van der Waals surface area contributed by atoms with Crippen LogP contribution in [-0.2, 0) is 4.74 Å². The van der Waals surface area contributed by atoms with Crippen molar-refractivity contribution in [3.05, 3.63) is 60.2 Å². The second kappa shape index (κ2) is 4.19. The van der Waals surface area contributed by atoms with Crippen LogP contribution in [-0.4, -0.2) is 7.11 Å². The molecule has 0 N–H and O–H groups in total. The average Bonchev–Trinajstić information content (AvgIpc) is 2.51. The number of hydrogen-bond donors (Lipinski definition) is 0. The maximum absolute atomic E-state index is 5.56. The standard InChI is InChI=1S/C19H16O/c1-12(20-2)17-11-15-7-3-5-13-9-10-14-6-4-8-16(17)19(14)18(13)15/h3-12H,1-2H3. The van der Waals surface area contributed by atoms with E-state index in [1.807, 2.05) is 0 Å². The van der Waals surface area contributed by atoms with Gasteiger partial charge in [-0.2, -0.15) is 0 Å². The Kier molecular flexibility index (Phi) is 2.45. The van der Waals surface area contributed by atoms with Gasteiger partial charge in [-0.15, -0.1) is 0 Å². The van der Waals surface area contributed by atoms with Crippen LogP contribution in [0.4, 0.5) is 0 Å². The van der Waals surface area contributed by atoms with E-state index in [0.717, 1.165) is 0 Å². The van der Waals surface area contributed by atoms with Crippen LogP contribution in [0.2, 0.25) is 0 Å². The molecule has 0 amide bonds. The van der Waals surface area contributed by atoms with E-state index in [1.165, 1.54) is 37.9 Å². The molecule has 0 saturated carbocycles. The molecule has 4 aromatic rings. The summed E-state index contributed by atoms with van der Waals surface area (Å²) in [6.07, 6.45) is 0.101. The van der Waals surface area contributed by atoms with Gasteiger partial charge in [-0.3, -0.25) is 0 Å². The summed E-state index contributed by atoms with van der Waals surface area (Å²) < 4.78 is 5.56. The van der Waals surface area contributed by atoms with E-state index in [4.69, 9.17) is 4.74 Å². The van der Waals surface area contributed by atoms with E-state index >= 15 is 0 Å². The molecular formula is C19H16O. The van der Waals surface area contributed by atoms with Crippen molar-refractivity contribution in [2.45, 2.75) is 13.0 Å². The average molecular weight is 260 g/mol. The van der Waals surface area contributed by atoms with E-state index < -0.39 is 0 Å². The Labute approximate surface area is 118 Å². The van der Waals surface area contributed by atoms with Gasteiger partial charge in [0.1, 0.15) is 0 Å². The van der Waals surface area contributed by atoms with Gasteiger partial charge in [0, 0.05) is 7.11 Å². The van der Waals surface area contributed by atoms with Gasteiger partial charge < -0.3 is 4.74 Å². The summed E-state index contributed by atoms with van der Waals surface area (Å²) >= 11 is 0. The van der Waals surface area contributed by atoms with Gasteiger partial charge >= 0.3 is 0 Å². The third-order valence-electron chi connectivity index (χ3n) is 4.33. The summed E-state index contributed by atoms with van der Waals surface area (Å²) in [5.74, 6) is 0. The number of rotatable bonds is 2. The monoisotopic (exact) mass is 260 g/mol. The van der Waals surface area contributed by atoms with Gasteiger partial charge in [-0.05, 0) is 50.9 Å². The molecule has 0 spiro atoms. The molecule has 4 rings (SSSR count). The summed E-state index contributed by atoms with van der Waals surface area (Å²) in [6, 6.07) is 19.7. The van der Waals surface area contributed by atoms with Crippen molar-refractivity contribution in [3.63, 3.8) is 0 Å². The molecule has 1 nitrogen and oxygen atoms in total. The van der Waals surface area contributed by atoms with Gasteiger partial charge in [0.15, 0.2) is 0 Å². The third-order valence-corrected chi connectivity index (χ3v) is 4.33. The molecule has 0 aromatic heterocycles. The van der Waals surface area contributed by atoms with Crippen LogP contribution in [0.15, 0.2) is 54.6 Å². The number of hydrogen-bond acceptors (Lipinski definition) is 1. The molecule has 0 fully saturated rings. The second-order valence-corrected chi connectivity index (χ2v) is 5.39. The van der Waals surface area contributed by atoms with E-state index in [-0.39, 0.29) is 6.10 Å². The van der Waals surface area contributed by atoms with E-state index in [0.29, 0.717) is 0 Å². The van der Waals surface area contributed by atoms with Gasteiger partial charge in [-0.25, -0.2) is 0 Å². The molecular weight excluding hydrogens is 244 g/mol. The molecule has 0 aliphatic carbocycles. The summed E-state index contributed by atoms with van der Waals surface area (Å²) in [6.45, 7) is 2.11. The fourth-order valence-electron chi connectivity index (χ4n) is 3.25. The molecule has 0 radical (unpaired) electrons. The van der Waals surface area contributed by atoms with Crippen molar-refractivity contribution in [2.24, 2.45) is 0 Å². The van der Waals surface area contributed by atoms with Gasteiger partial charge in [0.2, 0.25) is 0 Å². The molecule has 4 aromatic carbocycles. The first-order chi connectivity index (χ1) is 9.79. The predicted molar refractivity (Wildman–Crippen MR) is 85.6 cm³/mol. The van der Waals surface area contributed by atoms with E-state index in [1.54, 1.807) is 7.11 Å². The molecule has 1 atom stereocenters. The highest BCUT2D eigenvalue weighted by atomic mass is 16.5. The summed E-state index contributed by atoms with van der Waals surface area (Å²) in [5, 5.41) is 7.95. The Morgan fingerprint density at radius 3 is 2.20 bits per heavy atom. The number of methoxy groups -OCH3 is 1. The van der Waals surface area contributed by atoms with Crippen LogP contribution in [0, 0.1) is 0 Å². The largest absolute Gasteiger partial charge is 0.377 e. The molecule has 1 heteroatoms. The number of ether oxygens (including phenoxy) is 1. The lowest BCUT2D eigenvalue weighted by Gasteiger charge is -2.17.